The van der Waals surface area contributed by atoms with Gasteiger partial charge in [0, 0.05) is 11.9 Å². The first-order chi connectivity index (χ1) is 3.39. The van der Waals surface area contributed by atoms with Gasteiger partial charge in [0.05, 0.1) is 0 Å². The predicted molar refractivity (Wildman–Crippen MR) is 28.9 cm³/mol. The molecule has 1 radical (unpaired) electrons. The number of hydrogen-bond acceptors (Lipinski definition) is 2. The molecule has 0 aromatic heterocycles. The molecule has 1 aliphatic heterocycles. The Balaban J connectivity index is 2.66. The Morgan fingerprint density at radius 3 is 3.00 bits per heavy atom. The van der Waals surface area contributed by atoms with Crippen LogP contribution in [0.1, 0.15) is 0 Å². The molecule has 0 bridgehead atoms. The van der Waals surface area contributed by atoms with Crippen molar-refractivity contribution in [3.05, 3.63) is 24.6 Å². The van der Waals surface area contributed by atoms with Crippen LogP contribution in [0, 0.1) is 0 Å². The van der Waals surface area contributed by atoms with Gasteiger partial charge in [0.15, 0.2) is 6.34 Å². The second-order valence-corrected chi connectivity index (χ2v) is 1.21. The minimum Gasteiger partial charge on any atom is -0.338 e. The van der Waals surface area contributed by atoms with E-state index in [1.165, 1.54) is 0 Å². The second kappa shape index (κ2) is 1.60. The lowest BCUT2D eigenvalue weighted by molar-refractivity contribution is 1.18. The largest absolute Gasteiger partial charge is 0.338 e. The van der Waals surface area contributed by atoms with Crippen molar-refractivity contribution in [1.29, 1.82) is 0 Å². The maximum Gasteiger partial charge on any atom is 0.173 e. The summed E-state index contributed by atoms with van der Waals surface area (Å²) in [6.07, 6.45) is 5.94. The standard InChI is InChI=1S/C5H5N2/c1-5-2-3-6-4-7-5/h2-3H,1H2,(H,6,7). The average Bonchev–Trinajstić information content (AvgIpc) is 1.69. The number of hydrogen-bond donors (Lipinski definition) is 1. The summed E-state index contributed by atoms with van der Waals surface area (Å²) < 4.78 is 0. The van der Waals surface area contributed by atoms with E-state index in [1.807, 2.05) is 0 Å². The van der Waals surface area contributed by atoms with Crippen molar-refractivity contribution in [1.82, 2.24) is 5.32 Å². The van der Waals surface area contributed by atoms with Gasteiger partial charge in [-0.3, -0.25) is 0 Å². The number of allylic oxidation sites excluding steroid dienone is 1. The first-order valence-electron chi connectivity index (χ1n) is 1.96. The number of rotatable bonds is 0. The third kappa shape index (κ3) is 0.892. The van der Waals surface area contributed by atoms with Gasteiger partial charge in [-0.15, -0.1) is 0 Å². The van der Waals surface area contributed by atoms with E-state index in [4.69, 9.17) is 0 Å². The van der Waals surface area contributed by atoms with Crippen LogP contribution in [0.3, 0.4) is 0 Å². The summed E-state index contributed by atoms with van der Waals surface area (Å²) in [5.41, 5.74) is 0.829. The molecule has 2 nitrogen and oxygen atoms in total. The normalized spacial score (nSPS) is 16.9. The van der Waals surface area contributed by atoms with Crippen molar-refractivity contribution in [3.8, 4) is 0 Å². The summed E-state index contributed by atoms with van der Waals surface area (Å²) in [5, 5.41) is 2.68. The zero-order valence-corrected chi connectivity index (χ0v) is 3.81. The summed E-state index contributed by atoms with van der Waals surface area (Å²) in [4.78, 5) is 3.62. The van der Waals surface area contributed by atoms with Crippen LogP contribution >= 0.6 is 0 Å². The first kappa shape index (κ1) is 4.12. The fourth-order valence-corrected chi connectivity index (χ4v) is 0.310. The molecule has 0 atom stereocenters. The van der Waals surface area contributed by atoms with Crippen LogP contribution in [0.2, 0.25) is 0 Å². The summed E-state index contributed by atoms with van der Waals surface area (Å²) >= 11 is 0. The topological polar surface area (TPSA) is 24.4 Å². The van der Waals surface area contributed by atoms with E-state index in [0.29, 0.717) is 0 Å². The third-order valence-corrected chi connectivity index (χ3v) is 0.631. The number of nitrogens with one attached hydrogen (secondary N) is 1. The van der Waals surface area contributed by atoms with Gasteiger partial charge in [-0.1, -0.05) is 6.58 Å². The smallest absolute Gasteiger partial charge is 0.173 e. The summed E-state index contributed by atoms with van der Waals surface area (Å²) in [6, 6.07) is 0. The lowest BCUT2D eigenvalue weighted by Crippen LogP contribution is -2.08. The molecule has 0 fully saturated rings. The van der Waals surface area contributed by atoms with E-state index in [2.05, 4.69) is 23.2 Å². The quantitative estimate of drug-likeness (QED) is 0.464. The monoisotopic (exact) mass is 93.0 g/mol. The van der Waals surface area contributed by atoms with Crippen molar-refractivity contribution in [3.63, 3.8) is 0 Å². The van der Waals surface area contributed by atoms with E-state index in [9.17, 15) is 0 Å². The minimum absolute atomic E-state index is 0.829. The van der Waals surface area contributed by atoms with Crippen LogP contribution in [-0.2, 0) is 0 Å². The van der Waals surface area contributed by atoms with Gasteiger partial charge in [0.2, 0.25) is 0 Å². The summed E-state index contributed by atoms with van der Waals surface area (Å²) in [5.74, 6) is 0. The van der Waals surface area contributed by atoms with Crippen molar-refractivity contribution in [2.45, 2.75) is 0 Å². The number of aliphatic imine (C=N–C) groups is 1. The van der Waals surface area contributed by atoms with E-state index < -0.39 is 0 Å². The van der Waals surface area contributed by atoms with Gasteiger partial charge >= 0.3 is 0 Å². The van der Waals surface area contributed by atoms with Crippen LogP contribution < -0.4 is 5.32 Å². The molecule has 7 heavy (non-hydrogen) atoms. The molecule has 35 valence electrons. The lowest BCUT2D eigenvalue weighted by Gasteiger charge is -1.97. The molecular formula is C5H5N2. The lowest BCUT2D eigenvalue weighted by atomic mass is 10.4. The van der Waals surface area contributed by atoms with Crippen molar-refractivity contribution in [2.75, 3.05) is 0 Å². The highest BCUT2D eigenvalue weighted by atomic mass is 15.0. The molecule has 0 aromatic rings. The Hall–Kier alpha value is -1.05. The van der Waals surface area contributed by atoms with Crippen LogP contribution in [0.4, 0.5) is 0 Å². The van der Waals surface area contributed by atoms with Gasteiger partial charge in [0.1, 0.15) is 0 Å². The molecule has 0 spiro atoms. The Morgan fingerprint density at radius 2 is 2.71 bits per heavy atom. The predicted octanol–water partition coefficient (Wildman–Crippen LogP) is 0.522. The molecular weight excluding hydrogens is 88.1 g/mol. The highest BCUT2D eigenvalue weighted by Gasteiger charge is 1.84. The van der Waals surface area contributed by atoms with Gasteiger partial charge < -0.3 is 5.32 Å². The molecule has 1 aliphatic rings. The van der Waals surface area contributed by atoms with Crippen LogP contribution in [0.15, 0.2) is 29.5 Å². The highest BCUT2D eigenvalue weighted by Crippen LogP contribution is 1.88. The maximum absolute atomic E-state index is 3.62. The zero-order chi connectivity index (χ0) is 5.11. The Labute approximate surface area is 42.3 Å². The average molecular weight is 93.1 g/mol. The SMILES string of the molecule is C=C1C=CN=[C]N1. The molecule has 1 rings (SSSR count). The van der Waals surface area contributed by atoms with Gasteiger partial charge in [-0.25, -0.2) is 4.99 Å². The van der Waals surface area contributed by atoms with Crippen molar-refractivity contribution < 1.29 is 0 Å². The van der Waals surface area contributed by atoms with Crippen molar-refractivity contribution >= 4 is 6.34 Å². The van der Waals surface area contributed by atoms with Crippen LogP contribution in [-0.4, -0.2) is 6.34 Å². The fraction of sp³-hybridized carbons (Fsp3) is 0. The summed E-state index contributed by atoms with van der Waals surface area (Å²) in [7, 11) is 0. The Morgan fingerprint density at radius 1 is 1.86 bits per heavy atom. The molecule has 0 unspecified atom stereocenters. The first-order valence-corrected chi connectivity index (χ1v) is 1.96. The van der Waals surface area contributed by atoms with Crippen LogP contribution in [0.5, 0.6) is 0 Å². The van der Waals surface area contributed by atoms with Gasteiger partial charge in [-0.2, -0.15) is 0 Å². The molecule has 1 heterocycles. The van der Waals surface area contributed by atoms with Gasteiger partial charge in [-0.05, 0) is 6.08 Å². The number of nitrogens with zero attached hydrogens (tertiary/aromatic N) is 1. The van der Waals surface area contributed by atoms with E-state index in [0.717, 1.165) is 5.70 Å². The zero-order valence-electron chi connectivity index (χ0n) is 3.81. The molecule has 0 saturated carbocycles. The Kier molecular flexibility index (Phi) is 0.941. The fourth-order valence-electron chi connectivity index (χ4n) is 0.310. The van der Waals surface area contributed by atoms with Crippen LogP contribution in [0.25, 0.3) is 0 Å². The third-order valence-electron chi connectivity index (χ3n) is 0.631. The molecule has 0 aromatic carbocycles. The van der Waals surface area contributed by atoms with Gasteiger partial charge in [0.25, 0.3) is 0 Å². The second-order valence-electron chi connectivity index (χ2n) is 1.21. The van der Waals surface area contributed by atoms with E-state index >= 15 is 0 Å². The van der Waals surface area contributed by atoms with E-state index in [-0.39, 0.29) is 0 Å². The molecule has 0 amide bonds. The molecule has 1 N–H and O–H groups in total. The molecule has 0 aliphatic carbocycles. The minimum atomic E-state index is 0.829. The Bertz CT molecular complexity index is 133. The maximum atomic E-state index is 3.62. The molecule has 0 saturated heterocycles. The molecule has 2 heteroatoms. The summed E-state index contributed by atoms with van der Waals surface area (Å²) in [6.45, 7) is 3.59. The van der Waals surface area contributed by atoms with E-state index in [1.54, 1.807) is 12.3 Å². The van der Waals surface area contributed by atoms with Crippen molar-refractivity contribution in [2.24, 2.45) is 4.99 Å². The highest BCUT2D eigenvalue weighted by molar-refractivity contribution is 5.61.